The summed E-state index contributed by atoms with van der Waals surface area (Å²) in [6.07, 6.45) is 2.86. The molecule has 0 bridgehead atoms. The molecule has 0 saturated carbocycles. The van der Waals surface area contributed by atoms with Crippen LogP contribution >= 0.6 is 0 Å². The molecule has 19 heavy (non-hydrogen) atoms. The first-order chi connectivity index (χ1) is 9.06. The molecule has 0 unspecified atom stereocenters. The molecule has 1 heterocycles. The van der Waals surface area contributed by atoms with E-state index in [9.17, 15) is 9.59 Å². The molecule has 0 saturated heterocycles. The van der Waals surface area contributed by atoms with Crippen LogP contribution in [0.1, 0.15) is 16.9 Å². The number of esters is 1. The molecule has 1 aromatic heterocycles. The third-order valence-corrected chi connectivity index (χ3v) is 2.23. The highest BCUT2D eigenvalue weighted by atomic mass is 16.5. The molecule has 2 N–H and O–H groups in total. The molecule has 0 aromatic carbocycles. The molecule has 0 radical (unpaired) electrons. The van der Waals surface area contributed by atoms with Gasteiger partial charge in [-0.15, -0.1) is 0 Å². The predicted molar refractivity (Wildman–Crippen MR) is 64.6 cm³/mol. The first-order valence-electron chi connectivity index (χ1n) is 5.40. The molecular formula is C11H13N5O3. The van der Waals surface area contributed by atoms with Crippen LogP contribution in [0.25, 0.3) is 0 Å². The van der Waals surface area contributed by atoms with Crippen molar-refractivity contribution < 1.29 is 14.3 Å². The van der Waals surface area contributed by atoms with Crippen LogP contribution in [0.3, 0.4) is 0 Å². The molecule has 0 spiro atoms. The van der Waals surface area contributed by atoms with Crippen LogP contribution in [0.2, 0.25) is 0 Å². The van der Waals surface area contributed by atoms with E-state index in [-0.39, 0.29) is 24.5 Å². The number of nitriles is 1. The van der Waals surface area contributed by atoms with Crippen molar-refractivity contribution in [2.45, 2.75) is 6.42 Å². The lowest BCUT2D eigenvalue weighted by molar-refractivity contribution is -0.133. The Bertz CT molecular complexity index is 511. The molecule has 8 nitrogen and oxygen atoms in total. The lowest BCUT2D eigenvalue weighted by atomic mass is 10.4. The van der Waals surface area contributed by atoms with E-state index >= 15 is 0 Å². The fourth-order valence-corrected chi connectivity index (χ4v) is 1.15. The van der Waals surface area contributed by atoms with Crippen molar-refractivity contribution >= 4 is 17.7 Å². The van der Waals surface area contributed by atoms with Gasteiger partial charge in [0.25, 0.3) is 5.91 Å². The highest BCUT2D eigenvalue weighted by Gasteiger charge is 2.16. The summed E-state index contributed by atoms with van der Waals surface area (Å²) in [5, 5.41) is 8.39. The van der Waals surface area contributed by atoms with Crippen LogP contribution in [0, 0.1) is 11.3 Å². The lowest BCUT2D eigenvalue weighted by Crippen LogP contribution is -2.32. The molecule has 0 fully saturated rings. The van der Waals surface area contributed by atoms with E-state index in [1.165, 1.54) is 24.3 Å². The van der Waals surface area contributed by atoms with E-state index in [0.717, 1.165) is 0 Å². The maximum Gasteiger partial charge on any atom is 0.361 e. The van der Waals surface area contributed by atoms with Crippen molar-refractivity contribution in [2.24, 2.45) is 0 Å². The van der Waals surface area contributed by atoms with Crippen LogP contribution in [-0.4, -0.2) is 46.9 Å². The minimum Gasteiger partial charge on any atom is -0.451 e. The van der Waals surface area contributed by atoms with Gasteiger partial charge in [-0.1, -0.05) is 0 Å². The third kappa shape index (κ3) is 4.23. The molecular weight excluding hydrogens is 250 g/mol. The number of carbonyl (C=O) groups is 2. The number of ether oxygens (including phenoxy) is 1. The van der Waals surface area contributed by atoms with Gasteiger partial charge >= 0.3 is 5.97 Å². The van der Waals surface area contributed by atoms with Gasteiger partial charge in [-0.2, -0.15) is 5.26 Å². The monoisotopic (exact) mass is 263 g/mol. The minimum absolute atomic E-state index is 0.0576. The van der Waals surface area contributed by atoms with E-state index < -0.39 is 18.5 Å². The zero-order valence-corrected chi connectivity index (χ0v) is 10.4. The molecule has 1 rings (SSSR count). The van der Waals surface area contributed by atoms with E-state index in [1.807, 2.05) is 6.07 Å². The van der Waals surface area contributed by atoms with Gasteiger partial charge in [-0.05, 0) is 0 Å². The predicted octanol–water partition coefficient (Wildman–Crippen LogP) is -0.412. The van der Waals surface area contributed by atoms with Crippen LogP contribution in [0.4, 0.5) is 5.82 Å². The normalized spacial score (nSPS) is 9.47. The van der Waals surface area contributed by atoms with Crippen molar-refractivity contribution in [3.05, 3.63) is 18.1 Å². The molecule has 0 aliphatic rings. The number of hydrogen-bond acceptors (Lipinski definition) is 7. The Balaban J connectivity index is 2.49. The largest absolute Gasteiger partial charge is 0.451 e. The molecule has 0 atom stereocenters. The second kappa shape index (κ2) is 6.90. The molecule has 8 heteroatoms. The number of amides is 1. The molecule has 1 amide bonds. The fraction of sp³-hybridized carbons (Fsp3) is 0.364. The first-order valence-corrected chi connectivity index (χ1v) is 5.40. The van der Waals surface area contributed by atoms with Crippen molar-refractivity contribution in [1.29, 1.82) is 5.26 Å². The van der Waals surface area contributed by atoms with Gasteiger partial charge in [0.05, 0.1) is 12.5 Å². The second-order valence-corrected chi connectivity index (χ2v) is 3.59. The summed E-state index contributed by atoms with van der Waals surface area (Å²) in [4.78, 5) is 31.8. The molecule has 100 valence electrons. The van der Waals surface area contributed by atoms with Gasteiger partial charge in [0.2, 0.25) is 0 Å². The summed E-state index contributed by atoms with van der Waals surface area (Å²) >= 11 is 0. The minimum atomic E-state index is -0.812. The number of anilines is 1. The third-order valence-electron chi connectivity index (χ3n) is 2.23. The lowest BCUT2D eigenvalue weighted by Gasteiger charge is -2.15. The second-order valence-electron chi connectivity index (χ2n) is 3.59. The van der Waals surface area contributed by atoms with Crippen LogP contribution in [-0.2, 0) is 9.53 Å². The van der Waals surface area contributed by atoms with E-state index in [0.29, 0.717) is 0 Å². The number of aromatic nitrogens is 2. The number of carbonyl (C=O) groups excluding carboxylic acids is 2. The Hall–Kier alpha value is -2.69. The van der Waals surface area contributed by atoms with Gasteiger partial charge < -0.3 is 15.4 Å². The molecule has 0 aliphatic carbocycles. The average Bonchev–Trinajstić information content (AvgIpc) is 2.42. The average molecular weight is 263 g/mol. The van der Waals surface area contributed by atoms with Gasteiger partial charge in [-0.25, -0.2) is 14.8 Å². The Labute approximate surface area is 109 Å². The maximum absolute atomic E-state index is 11.6. The summed E-state index contributed by atoms with van der Waals surface area (Å²) in [5.74, 6) is -1.28. The Morgan fingerprint density at radius 1 is 1.47 bits per heavy atom. The molecule has 1 aromatic rings. The summed E-state index contributed by atoms with van der Waals surface area (Å²) in [7, 11) is 1.52. The van der Waals surface area contributed by atoms with E-state index in [2.05, 4.69) is 9.97 Å². The number of nitrogens with zero attached hydrogens (tertiary/aromatic N) is 4. The SMILES string of the molecule is CN(CCC#N)C(=O)COC(=O)c1nccnc1N. The molecule has 0 aliphatic heterocycles. The van der Waals surface area contributed by atoms with Gasteiger partial charge in [0.1, 0.15) is 0 Å². The van der Waals surface area contributed by atoms with Crippen molar-refractivity contribution in [3.63, 3.8) is 0 Å². The van der Waals surface area contributed by atoms with Crippen molar-refractivity contribution in [2.75, 3.05) is 25.9 Å². The number of rotatable bonds is 5. The van der Waals surface area contributed by atoms with Gasteiger partial charge in [0.15, 0.2) is 18.1 Å². The first kappa shape index (κ1) is 14.4. The van der Waals surface area contributed by atoms with Crippen LogP contribution in [0.15, 0.2) is 12.4 Å². The van der Waals surface area contributed by atoms with Gasteiger partial charge in [-0.3, -0.25) is 4.79 Å². The smallest absolute Gasteiger partial charge is 0.361 e. The standard InChI is InChI=1S/C11H13N5O3/c1-16(6-2-3-12)8(17)7-19-11(18)9-10(13)15-5-4-14-9/h4-5H,2,6-7H2,1H3,(H2,13,15). The fourth-order valence-electron chi connectivity index (χ4n) is 1.15. The van der Waals surface area contributed by atoms with E-state index in [4.69, 9.17) is 15.7 Å². The maximum atomic E-state index is 11.6. The number of hydrogen-bond donors (Lipinski definition) is 1. The van der Waals surface area contributed by atoms with Gasteiger partial charge in [0, 0.05) is 26.0 Å². The quantitative estimate of drug-likeness (QED) is 0.716. The summed E-state index contributed by atoms with van der Waals surface area (Å²) in [5.41, 5.74) is 5.32. The topological polar surface area (TPSA) is 122 Å². The highest BCUT2D eigenvalue weighted by Crippen LogP contribution is 2.04. The Kier molecular flexibility index (Phi) is 5.22. The zero-order valence-electron chi connectivity index (χ0n) is 10.4. The summed E-state index contributed by atoms with van der Waals surface area (Å²) in [6.45, 7) is -0.156. The number of nitrogens with two attached hydrogens (primary N) is 1. The Morgan fingerprint density at radius 2 is 2.16 bits per heavy atom. The van der Waals surface area contributed by atoms with Crippen LogP contribution in [0.5, 0.6) is 0 Å². The summed E-state index contributed by atoms with van der Waals surface area (Å²) < 4.78 is 4.78. The highest BCUT2D eigenvalue weighted by molar-refractivity contribution is 5.93. The Morgan fingerprint density at radius 3 is 2.79 bits per heavy atom. The van der Waals surface area contributed by atoms with Crippen molar-refractivity contribution in [1.82, 2.24) is 14.9 Å². The number of nitrogen functional groups attached to an aromatic ring is 1. The summed E-state index contributed by atoms with van der Waals surface area (Å²) in [6, 6.07) is 1.92. The van der Waals surface area contributed by atoms with E-state index in [1.54, 1.807) is 0 Å². The number of likely N-dealkylation sites (N-methyl/N-ethyl adjacent to an activating group) is 1. The van der Waals surface area contributed by atoms with Crippen molar-refractivity contribution in [3.8, 4) is 6.07 Å². The zero-order chi connectivity index (χ0) is 14.3. The van der Waals surface area contributed by atoms with Crippen LogP contribution < -0.4 is 5.73 Å².